The van der Waals surface area contributed by atoms with Gasteiger partial charge in [0.2, 0.25) is 0 Å². The van der Waals surface area contributed by atoms with Crippen LogP contribution >= 0.6 is 0 Å². The summed E-state index contributed by atoms with van der Waals surface area (Å²) in [4.78, 5) is 2.34. The van der Waals surface area contributed by atoms with Crippen LogP contribution in [0.2, 0.25) is 0 Å². The van der Waals surface area contributed by atoms with Gasteiger partial charge in [0.1, 0.15) is 5.75 Å². The van der Waals surface area contributed by atoms with Crippen molar-refractivity contribution in [2.75, 3.05) is 38.3 Å². The molecule has 1 unspecified atom stereocenters. The van der Waals surface area contributed by atoms with Crippen molar-refractivity contribution in [2.45, 2.75) is 19.4 Å². The average Bonchev–Trinajstić information content (AvgIpc) is 2.66. The van der Waals surface area contributed by atoms with Crippen molar-refractivity contribution in [3.8, 4) is 5.75 Å². The van der Waals surface area contributed by atoms with E-state index in [0.717, 1.165) is 44.0 Å². The molecule has 0 aromatic heterocycles. The van der Waals surface area contributed by atoms with Crippen LogP contribution in [0, 0.1) is 0 Å². The van der Waals surface area contributed by atoms with Crippen LogP contribution in [-0.4, -0.2) is 33.4 Å². The molecular formula is C14H22N2O2. The molecule has 1 atom stereocenters. The van der Waals surface area contributed by atoms with E-state index in [-0.39, 0.29) is 6.04 Å². The Morgan fingerprint density at radius 3 is 2.89 bits per heavy atom. The monoisotopic (exact) mass is 250 g/mol. The Morgan fingerprint density at radius 1 is 1.33 bits per heavy atom. The molecule has 1 fully saturated rings. The fourth-order valence-electron chi connectivity index (χ4n) is 2.43. The largest absolute Gasteiger partial charge is 0.496 e. The third-order valence-corrected chi connectivity index (χ3v) is 3.28. The summed E-state index contributed by atoms with van der Waals surface area (Å²) in [7, 11) is 1.69. The molecule has 0 spiro atoms. The second kappa shape index (κ2) is 6.07. The van der Waals surface area contributed by atoms with Gasteiger partial charge < -0.3 is 20.1 Å². The molecule has 18 heavy (non-hydrogen) atoms. The summed E-state index contributed by atoms with van der Waals surface area (Å²) < 4.78 is 10.9. The molecule has 1 aliphatic heterocycles. The molecule has 4 nitrogen and oxygen atoms in total. The van der Waals surface area contributed by atoms with E-state index in [1.807, 2.05) is 19.1 Å². The standard InChI is InChI=1S/C14H22N2O2/c1-11(15)14-12(5-3-6-13(14)17-2)16-7-4-9-18-10-8-16/h3,5-6,11H,4,7-10,15H2,1-2H3. The Balaban J connectivity index is 2.35. The minimum absolute atomic E-state index is 0.0414. The summed E-state index contributed by atoms with van der Waals surface area (Å²) in [6, 6.07) is 6.06. The normalized spacial score (nSPS) is 18.3. The highest BCUT2D eigenvalue weighted by molar-refractivity contribution is 5.60. The summed E-state index contributed by atoms with van der Waals surface area (Å²) >= 11 is 0. The first kappa shape index (κ1) is 13.2. The van der Waals surface area contributed by atoms with Gasteiger partial charge in [-0.3, -0.25) is 0 Å². The molecule has 1 aromatic rings. The lowest BCUT2D eigenvalue weighted by Gasteiger charge is -2.27. The molecule has 0 radical (unpaired) electrons. The zero-order valence-electron chi connectivity index (χ0n) is 11.2. The van der Waals surface area contributed by atoms with E-state index in [1.165, 1.54) is 5.69 Å². The van der Waals surface area contributed by atoms with Gasteiger partial charge in [-0.2, -0.15) is 0 Å². The molecule has 1 aliphatic rings. The topological polar surface area (TPSA) is 47.7 Å². The molecule has 2 rings (SSSR count). The van der Waals surface area contributed by atoms with Crippen LogP contribution in [0.4, 0.5) is 5.69 Å². The van der Waals surface area contributed by atoms with Crippen molar-refractivity contribution in [1.29, 1.82) is 0 Å². The molecule has 2 N–H and O–H groups in total. The number of hydrogen-bond donors (Lipinski definition) is 1. The fourth-order valence-corrected chi connectivity index (χ4v) is 2.43. The lowest BCUT2D eigenvalue weighted by molar-refractivity contribution is 0.152. The quantitative estimate of drug-likeness (QED) is 0.890. The highest BCUT2D eigenvalue weighted by atomic mass is 16.5. The maximum Gasteiger partial charge on any atom is 0.125 e. The molecule has 0 amide bonds. The lowest BCUT2D eigenvalue weighted by atomic mass is 10.0. The zero-order chi connectivity index (χ0) is 13.0. The molecular weight excluding hydrogens is 228 g/mol. The van der Waals surface area contributed by atoms with Gasteiger partial charge in [-0.05, 0) is 25.5 Å². The van der Waals surface area contributed by atoms with E-state index in [2.05, 4.69) is 11.0 Å². The van der Waals surface area contributed by atoms with E-state index in [0.29, 0.717) is 0 Å². The number of anilines is 1. The van der Waals surface area contributed by atoms with Crippen LogP contribution in [0.3, 0.4) is 0 Å². The van der Waals surface area contributed by atoms with Crippen LogP contribution in [0.25, 0.3) is 0 Å². The van der Waals surface area contributed by atoms with Gasteiger partial charge in [-0.15, -0.1) is 0 Å². The van der Waals surface area contributed by atoms with Crippen molar-refractivity contribution in [3.63, 3.8) is 0 Å². The van der Waals surface area contributed by atoms with Gasteiger partial charge in [0, 0.05) is 37.0 Å². The first-order valence-corrected chi connectivity index (χ1v) is 6.49. The smallest absolute Gasteiger partial charge is 0.125 e. The highest BCUT2D eigenvalue weighted by Gasteiger charge is 2.18. The fraction of sp³-hybridized carbons (Fsp3) is 0.571. The molecule has 100 valence electrons. The SMILES string of the molecule is COc1cccc(N2CCCOCC2)c1C(C)N. The summed E-state index contributed by atoms with van der Waals surface area (Å²) in [5.74, 6) is 0.868. The first-order valence-electron chi connectivity index (χ1n) is 6.49. The van der Waals surface area contributed by atoms with Crippen LogP contribution < -0.4 is 15.4 Å². The van der Waals surface area contributed by atoms with Gasteiger partial charge in [0.15, 0.2) is 0 Å². The summed E-state index contributed by atoms with van der Waals surface area (Å²) in [6.07, 6.45) is 1.05. The molecule has 1 aromatic carbocycles. The Bertz CT molecular complexity index is 385. The zero-order valence-corrected chi connectivity index (χ0v) is 11.2. The Kier molecular flexibility index (Phi) is 4.44. The van der Waals surface area contributed by atoms with Crippen molar-refractivity contribution >= 4 is 5.69 Å². The Hall–Kier alpha value is -1.26. The van der Waals surface area contributed by atoms with Crippen LogP contribution in [0.5, 0.6) is 5.75 Å². The number of hydrogen-bond acceptors (Lipinski definition) is 4. The highest BCUT2D eigenvalue weighted by Crippen LogP contribution is 2.33. The van der Waals surface area contributed by atoms with E-state index in [9.17, 15) is 0 Å². The second-order valence-electron chi connectivity index (χ2n) is 4.63. The number of nitrogens with two attached hydrogens (primary N) is 1. The van der Waals surface area contributed by atoms with Gasteiger partial charge in [0.25, 0.3) is 0 Å². The van der Waals surface area contributed by atoms with Gasteiger partial charge in [-0.1, -0.05) is 6.07 Å². The van der Waals surface area contributed by atoms with Crippen molar-refractivity contribution in [3.05, 3.63) is 23.8 Å². The van der Waals surface area contributed by atoms with Crippen molar-refractivity contribution < 1.29 is 9.47 Å². The molecule has 1 heterocycles. The van der Waals surface area contributed by atoms with Crippen LogP contribution in [0.1, 0.15) is 24.9 Å². The van der Waals surface area contributed by atoms with E-state index >= 15 is 0 Å². The average molecular weight is 250 g/mol. The minimum Gasteiger partial charge on any atom is -0.496 e. The second-order valence-corrected chi connectivity index (χ2v) is 4.63. The molecule has 0 saturated carbocycles. The van der Waals surface area contributed by atoms with E-state index in [1.54, 1.807) is 7.11 Å². The van der Waals surface area contributed by atoms with Gasteiger partial charge in [0.05, 0.1) is 13.7 Å². The Labute approximate surface area is 109 Å². The Morgan fingerprint density at radius 2 is 2.17 bits per heavy atom. The van der Waals surface area contributed by atoms with Crippen LogP contribution in [0.15, 0.2) is 18.2 Å². The molecule has 0 aliphatic carbocycles. The minimum atomic E-state index is -0.0414. The number of ether oxygens (including phenoxy) is 2. The maximum absolute atomic E-state index is 6.10. The lowest BCUT2D eigenvalue weighted by Crippen LogP contribution is -2.28. The molecule has 0 bridgehead atoms. The third-order valence-electron chi connectivity index (χ3n) is 3.28. The van der Waals surface area contributed by atoms with Crippen molar-refractivity contribution in [1.82, 2.24) is 0 Å². The van der Waals surface area contributed by atoms with Crippen molar-refractivity contribution in [2.24, 2.45) is 5.73 Å². The number of nitrogens with zero attached hydrogens (tertiary/aromatic N) is 1. The maximum atomic E-state index is 6.10. The molecule has 4 heteroatoms. The number of benzene rings is 1. The summed E-state index contributed by atoms with van der Waals surface area (Å²) in [6.45, 7) is 5.53. The third kappa shape index (κ3) is 2.76. The number of methoxy groups -OCH3 is 1. The van der Waals surface area contributed by atoms with Crippen LogP contribution in [-0.2, 0) is 4.74 Å². The predicted molar refractivity (Wildman–Crippen MR) is 73.2 cm³/mol. The van der Waals surface area contributed by atoms with E-state index < -0.39 is 0 Å². The van der Waals surface area contributed by atoms with Gasteiger partial charge in [-0.25, -0.2) is 0 Å². The van der Waals surface area contributed by atoms with E-state index in [4.69, 9.17) is 15.2 Å². The summed E-state index contributed by atoms with van der Waals surface area (Å²) in [5, 5.41) is 0. The predicted octanol–water partition coefficient (Wildman–Crippen LogP) is 1.94. The molecule has 1 saturated heterocycles. The number of rotatable bonds is 3. The first-order chi connectivity index (χ1) is 8.74. The summed E-state index contributed by atoms with van der Waals surface area (Å²) in [5.41, 5.74) is 8.36. The van der Waals surface area contributed by atoms with Gasteiger partial charge >= 0.3 is 0 Å².